The zero-order chi connectivity index (χ0) is 18.0. The van der Waals surface area contributed by atoms with Crippen molar-refractivity contribution in [2.45, 2.75) is 82.6 Å². The molecule has 2 aliphatic heterocycles. The van der Waals surface area contributed by atoms with Crippen molar-refractivity contribution in [2.24, 2.45) is 23.7 Å². The second-order valence-corrected chi connectivity index (χ2v) is 9.65. The minimum atomic E-state index is -0.631. The Morgan fingerprint density at radius 1 is 0.846 bits per heavy atom. The third-order valence-corrected chi connectivity index (χ3v) is 7.50. The Kier molecular flexibility index (Phi) is 4.08. The van der Waals surface area contributed by atoms with Crippen LogP contribution in [0.5, 0.6) is 0 Å². The lowest BCUT2D eigenvalue weighted by atomic mass is 9.62. The van der Waals surface area contributed by atoms with Crippen LogP contribution in [0.25, 0.3) is 0 Å². The molecule has 26 heavy (non-hydrogen) atoms. The Hall–Kier alpha value is -0.460. The van der Waals surface area contributed by atoms with Gasteiger partial charge in [-0.1, -0.05) is 20.4 Å². The fraction of sp³-hybridized carbons (Fsp3) is 0.905. The number of hydrogen-bond donors (Lipinski definition) is 0. The molecule has 3 spiro atoms. The number of hydrogen-bond acceptors (Lipinski definition) is 5. The van der Waals surface area contributed by atoms with Crippen LogP contribution in [0.1, 0.15) is 65.2 Å². The SMILES string of the molecule is C=C1COC2(CCC3(CC2)OOC2(O3)C(C)CC3CC(C)CC2C3)OC1. The Morgan fingerprint density at radius 2 is 1.54 bits per heavy atom. The van der Waals surface area contributed by atoms with Crippen molar-refractivity contribution in [3.8, 4) is 0 Å². The first-order valence-corrected chi connectivity index (χ1v) is 10.4. The molecule has 2 bridgehead atoms. The van der Waals surface area contributed by atoms with Crippen LogP contribution >= 0.6 is 0 Å². The molecule has 146 valence electrons. The van der Waals surface area contributed by atoms with Crippen molar-refractivity contribution in [2.75, 3.05) is 13.2 Å². The molecule has 0 aromatic rings. The van der Waals surface area contributed by atoms with E-state index in [0.717, 1.165) is 43.1 Å². The predicted octanol–water partition coefficient (Wildman–Crippen LogP) is 4.32. The van der Waals surface area contributed by atoms with Crippen molar-refractivity contribution < 1.29 is 24.0 Å². The maximum Gasteiger partial charge on any atom is 0.210 e. The molecule has 5 aliphatic rings. The summed E-state index contributed by atoms with van der Waals surface area (Å²) in [6, 6.07) is 0. The van der Waals surface area contributed by atoms with Crippen LogP contribution in [0.3, 0.4) is 0 Å². The van der Waals surface area contributed by atoms with E-state index in [1.54, 1.807) is 0 Å². The molecule has 0 N–H and O–H groups in total. The molecule has 5 heteroatoms. The van der Waals surface area contributed by atoms with Gasteiger partial charge in [0.2, 0.25) is 11.6 Å². The minimum absolute atomic E-state index is 0.375. The van der Waals surface area contributed by atoms with Crippen molar-refractivity contribution in [1.82, 2.24) is 0 Å². The van der Waals surface area contributed by atoms with Gasteiger partial charge < -0.3 is 14.2 Å². The fourth-order valence-electron chi connectivity index (χ4n) is 6.17. The molecule has 0 radical (unpaired) electrons. The Bertz CT molecular complexity index is 565. The number of rotatable bonds is 0. The Balaban J connectivity index is 1.30. The first-order valence-electron chi connectivity index (χ1n) is 10.4. The van der Waals surface area contributed by atoms with Gasteiger partial charge in [-0.15, -0.1) is 0 Å². The molecule has 2 saturated heterocycles. The highest BCUT2D eigenvalue weighted by Gasteiger charge is 2.64. The summed E-state index contributed by atoms with van der Waals surface area (Å²) in [7, 11) is 0. The predicted molar refractivity (Wildman–Crippen MR) is 94.7 cm³/mol. The molecule has 3 saturated carbocycles. The Labute approximate surface area is 156 Å². The average molecular weight is 364 g/mol. The molecular weight excluding hydrogens is 332 g/mol. The lowest BCUT2D eigenvalue weighted by molar-refractivity contribution is -0.385. The second kappa shape index (κ2) is 6.02. The normalized spacial score (nSPS) is 46.9. The van der Waals surface area contributed by atoms with E-state index in [4.69, 9.17) is 24.0 Å². The van der Waals surface area contributed by atoms with E-state index in [1.807, 2.05) is 0 Å². The molecule has 0 aromatic carbocycles. The molecule has 5 nitrogen and oxygen atoms in total. The van der Waals surface area contributed by atoms with Gasteiger partial charge in [-0.05, 0) is 43.1 Å². The first kappa shape index (κ1) is 17.6. The third kappa shape index (κ3) is 2.70. The third-order valence-electron chi connectivity index (χ3n) is 7.50. The molecule has 5 atom stereocenters. The average Bonchev–Trinajstić information content (AvgIpc) is 3.00. The van der Waals surface area contributed by atoms with Crippen LogP contribution in [0.15, 0.2) is 12.2 Å². The molecule has 3 aliphatic carbocycles. The summed E-state index contributed by atoms with van der Waals surface area (Å²) in [4.78, 5) is 12.1. The van der Waals surface area contributed by atoms with Crippen LogP contribution in [0, 0.1) is 23.7 Å². The molecule has 5 unspecified atom stereocenters. The van der Waals surface area contributed by atoms with E-state index >= 15 is 0 Å². The van der Waals surface area contributed by atoms with E-state index in [0.29, 0.717) is 25.0 Å². The molecule has 5 rings (SSSR count). The maximum absolute atomic E-state index is 6.75. The fourth-order valence-corrected chi connectivity index (χ4v) is 6.17. The molecule has 2 heterocycles. The van der Waals surface area contributed by atoms with Crippen molar-refractivity contribution in [1.29, 1.82) is 0 Å². The molecular formula is C21H32O5. The van der Waals surface area contributed by atoms with Gasteiger partial charge in [-0.2, -0.15) is 9.78 Å². The van der Waals surface area contributed by atoms with Gasteiger partial charge in [0, 0.05) is 37.5 Å². The van der Waals surface area contributed by atoms with Gasteiger partial charge in [-0.25, -0.2) is 0 Å². The smallest absolute Gasteiger partial charge is 0.210 e. The lowest BCUT2D eigenvalue weighted by Gasteiger charge is -2.51. The number of fused-ring (bicyclic) bond motifs is 3. The van der Waals surface area contributed by atoms with Crippen LogP contribution < -0.4 is 0 Å². The Morgan fingerprint density at radius 3 is 2.27 bits per heavy atom. The standard InChI is InChI=1S/C21H32O5/c1-14-8-17-10-16(3)21(18(9-14)11-17)24-20(25-26-21)6-4-19(5-7-20)22-12-15(2)13-23-19/h14,16-18H,2,4-13H2,1,3H3. The van der Waals surface area contributed by atoms with Crippen LogP contribution in [0.2, 0.25) is 0 Å². The minimum Gasteiger partial charge on any atom is -0.345 e. The van der Waals surface area contributed by atoms with Gasteiger partial charge in [-0.3, -0.25) is 0 Å². The van der Waals surface area contributed by atoms with Gasteiger partial charge in [0.15, 0.2) is 5.79 Å². The van der Waals surface area contributed by atoms with Crippen LogP contribution in [-0.4, -0.2) is 30.6 Å². The summed E-state index contributed by atoms with van der Waals surface area (Å²) in [5.74, 6) is 0.711. The van der Waals surface area contributed by atoms with Crippen LogP contribution in [-0.2, 0) is 24.0 Å². The molecule has 5 fully saturated rings. The van der Waals surface area contributed by atoms with Crippen molar-refractivity contribution >= 4 is 0 Å². The summed E-state index contributed by atoms with van der Waals surface area (Å²) < 4.78 is 18.7. The van der Waals surface area contributed by atoms with Crippen molar-refractivity contribution in [3.63, 3.8) is 0 Å². The summed E-state index contributed by atoms with van der Waals surface area (Å²) in [5, 5.41) is 0. The number of ether oxygens (including phenoxy) is 3. The van der Waals surface area contributed by atoms with Gasteiger partial charge in [0.1, 0.15) is 0 Å². The summed E-state index contributed by atoms with van der Waals surface area (Å²) in [6.07, 6.45) is 7.98. The summed E-state index contributed by atoms with van der Waals surface area (Å²) in [6.45, 7) is 9.77. The molecule has 0 amide bonds. The summed E-state index contributed by atoms with van der Waals surface area (Å²) in [5.41, 5.74) is 1.00. The maximum atomic E-state index is 6.75. The zero-order valence-electron chi connectivity index (χ0n) is 16.1. The highest BCUT2D eigenvalue weighted by molar-refractivity contribution is 5.02. The quantitative estimate of drug-likeness (QED) is 0.473. The van der Waals surface area contributed by atoms with Gasteiger partial charge in [0.05, 0.1) is 13.2 Å². The van der Waals surface area contributed by atoms with E-state index in [1.165, 1.54) is 25.7 Å². The largest absolute Gasteiger partial charge is 0.345 e. The van der Waals surface area contributed by atoms with E-state index in [9.17, 15) is 0 Å². The monoisotopic (exact) mass is 364 g/mol. The topological polar surface area (TPSA) is 46.2 Å². The van der Waals surface area contributed by atoms with Crippen LogP contribution in [0.4, 0.5) is 0 Å². The molecule has 0 aromatic heterocycles. The highest BCUT2D eigenvalue weighted by atomic mass is 17.3. The first-order chi connectivity index (χ1) is 12.4. The van der Waals surface area contributed by atoms with E-state index in [2.05, 4.69) is 20.4 Å². The van der Waals surface area contributed by atoms with Gasteiger partial charge >= 0.3 is 0 Å². The second-order valence-electron chi connectivity index (χ2n) is 9.65. The highest BCUT2D eigenvalue weighted by Crippen LogP contribution is 2.58. The lowest BCUT2D eigenvalue weighted by Crippen LogP contribution is -2.55. The summed E-state index contributed by atoms with van der Waals surface area (Å²) >= 11 is 0. The van der Waals surface area contributed by atoms with Crippen molar-refractivity contribution in [3.05, 3.63) is 12.2 Å². The zero-order valence-corrected chi connectivity index (χ0v) is 16.1. The van der Waals surface area contributed by atoms with E-state index < -0.39 is 17.4 Å². The van der Waals surface area contributed by atoms with Gasteiger partial charge in [0.25, 0.3) is 0 Å². The van der Waals surface area contributed by atoms with E-state index in [-0.39, 0.29) is 0 Å².